The van der Waals surface area contributed by atoms with Gasteiger partial charge in [-0.15, -0.1) is 0 Å². The summed E-state index contributed by atoms with van der Waals surface area (Å²) in [5.74, 6) is -3.00. The monoisotopic (exact) mass is 215 g/mol. The zero-order valence-corrected chi connectivity index (χ0v) is 7.28. The lowest BCUT2D eigenvalue weighted by atomic mass is 10.2. The van der Waals surface area contributed by atoms with Crippen molar-refractivity contribution >= 4 is 23.3 Å². The van der Waals surface area contributed by atoms with Crippen LogP contribution in [0.2, 0.25) is 5.02 Å². The molecule has 0 amide bonds. The summed E-state index contributed by atoms with van der Waals surface area (Å²) in [6.07, 6.45) is 0. The molecule has 0 saturated carbocycles. The van der Waals surface area contributed by atoms with E-state index in [2.05, 4.69) is 0 Å². The Kier molecular flexibility index (Phi) is 2.57. The van der Waals surface area contributed by atoms with Gasteiger partial charge in [-0.1, -0.05) is 11.6 Å². The fourth-order valence-corrected chi connectivity index (χ4v) is 1.08. The number of aromatic carboxylic acids is 1. The number of carbonyl (C=O) groups is 1. The zero-order chi connectivity index (χ0) is 10.9. The van der Waals surface area contributed by atoms with Crippen LogP contribution in [0.3, 0.4) is 0 Å². The highest BCUT2D eigenvalue weighted by Gasteiger charge is 2.12. The van der Waals surface area contributed by atoms with Gasteiger partial charge in [-0.2, -0.15) is 0 Å². The van der Waals surface area contributed by atoms with E-state index in [0.29, 0.717) is 0 Å². The van der Waals surface area contributed by atoms with E-state index >= 15 is 0 Å². The van der Waals surface area contributed by atoms with E-state index in [1.807, 2.05) is 0 Å². The number of hydrogen-bond donors (Lipinski definition) is 0. The molecule has 0 aliphatic rings. The summed E-state index contributed by atoms with van der Waals surface area (Å²) in [5, 5.41) is 31.5. The smallest absolute Gasteiger partial charge is 0.263 e. The number of carboxylic acid groups (broad SMARTS) is 1. The van der Waals surface area contributed by atoms with Crippen LogP contribution in [0.4, 0.5) is 5.69 Å². The lowest BCUT2D eigenvalue weighted by Crippen LogP contribution is -2.24. The molecule has 0 radical (unpaired) electrons. The molecule has 0 atom stereocenters. The maximum absolute atomic E-state index is 11.1. The molecule has 0 saturated heterocycles. The molecule has 0 aliphatic carbocycles. The van der Waals surface area contributed by atoms with Crippen LogP contribution >= 0.6 is 11.6 Å². The second-order valence-corrected chi connectivity index (χ2v) is 2.78. The van der Waals surface area contributed by atoms with Gasteiger partial charge in [0.25, 0.3) is 5.69 Å². The molecule has 0 heterocycles. The average Bonchev–Trinajstić information content (AvgIpc) is 2.07. The van der Waals surface area contributed by atoms with E-state index in [1.165, 1.54) is 0 Å². The fourth-order valence-electron chi connectivity index (χ4n) is 0.866. The van der Waals surface area contributed by atoms with Crippen LogP contribution in [0, 0.1) is 10.1 Å². The molecular formula is C7H2ClNO5-2. The van der Waals surface area contributed by atoms with Crippen molar-refractivity contribution < 1.29 is 19.9 Å². The van der Waals surface area contributed by atoms with Gasteiger partial charge in [0.05, 0.1) is 10.9 Å². The Morgan fingerprint density at radius 1 is 1.43 bits per heavy atom. The highest BCUT2D eigenvalue weighted by molar-refractivity contribution is 6.31. The maximum Gasteiger partial charge on any atom is 0.263 e. The summed E-state index contributed by atoms with van der Waals surface area (Å²) in [6.45, 7) is 0. The summed E-state index contributed by atoms with van der Waals surface area (Å²) in [7, 11) is 0. The van der Waals surface area contributed by atoms with Gasteiger partial charge >= 0.3 is 0 Å². The highest BCUT2D eigenvalue weighted by Crippen LogP contribution is 2.30. The first-order valence-electron chi connectivity index (χ1n) is 3.29. The molecule has 0 N–H and O–H groups in total. The lowest BCUT2D eigenvalue weighted by molar-refractivity contribution is -0.398. The van der Waals surface area contributed by atoms with Crippen molar-refractivity contribution in [2.75, 3.05) is 0 Å². The molecule has 6 nitrogen and oxygen atoms in total. The van der Waals surface area contributed by atoms with Gasteiger partial charge in [-0.25, -0.2) is 0 Å². The van der Waals surface area contributed by atoms with E-state index in [1.54, 1.807) is 0 Å². The van der Waals surface area contributed by atoms with Gasteiger partial charge in [0.15, 0.2) is 0 Å². The maximum atomic E-state index is 11.1. The van der Waals surface area contributed by atoms with Crippen molar-refractivity contribution in [3.8, 4) is 5.75 Å². The van der Waals surface area contributed by atoms with Gasteiger partial charge in [-0.3, -0.25) is 10.1 Å². The summed E-state index contributed by atoms with van der Waals surface area (Å²) in [4.78, 5) is 19.6. The molecule has 1 rings (SSSR count). The number of nitrogens with zero attached hydrogens (tertiary/aromatic N) is 1. The van der Waals surface area contributed by atoms with E-state index in [9.17, 15) is 25.1 Å². The Labute approximate surface area is 82.5 Å². The molecule has 0 spiro atoms. The quantitative estimate of drug-likeness (QED) is 0.497. The second-order valence-electron chi connectivity index (χ2n) is 2.35. The zero-order valence-electron chi connectivity index (χ0n) is 6.52. The van der Waals surface area contributed by atoms with Crippen molar-refractivity contribution in [3.63, 3.8) is 0 Å². The third kappa shape index (κ3) is 1.74. The number of halogens is 1. The van der Waals surface area contributed by atoms with Gasteiger partial charge < -0.3 is 15.0 Å². The SMILES string of the molecule is O=C([O-])c1cc(Cl)cc([N+](=O)[O-])c1[O-]. The minimum absolute atomic E-state index is 0.199. The average molecular weight is 216 g/mol. The molecule has 74 valence electrons. The molecular weight excluding hydrogens is 214 g/mol. The molecule has 1 aromatic rings. The standard InChI is InChI=1S/C7H4ClNO5/c8-3-1-4(7(11)12)6(10)5(2-3)9(13)14/h1-2,10H,(H,11,12)/p-2. The number of carbonyl (C=O) groups excluding carboxylic acids is 1. The van der Waals surface area contributed by atoms with Gasteiger partial charge in [0.1, 0.15) is 0 Å². The third-order valence-corrected chi connectivity index (χ3v) is 1.67. The van der Waals surface area contributed by atoms with Crippen LogP contribution < -0.4 is 10.2 Å². The van der Waals surface area contributed by atoms with Crippen LogP contribution in [0.15, 0.2) is 12.1 Å². The third-order valence-electron chi connectivity index (χ3n) is 1.45. The Hall–Kier alpha value is -1.82. The van der Waals surface area contributed by atoms with E-state index in [-0.39, 0.29) is 5.02 Å². The van der Waals surface area contributed by atoms with Crippen LogP contribution in [0.25, 0.3) is 0 Å². The van der Waals surface area contributed by atoms with Crippen molar-refractivity contribution in [2.45, 2.75) is 0 Å². The molecule has 14 heavy (non-hydrogen) atoms. The molecule has 1 aromatic carbocycles. The molecule has 0 fully saturated rings. The molecule has 0 aromatic heterocycles. The van der Waals surface area contributed by atoms with Gasteiger partial charge in [0.2, 0.25) is 0 Å². The van der Waals surface area contributed by atoms with Crippen LogP contribution in [0.5, 0.6) is 5.75 Å². The predicted molar refractivity (Wildman–Crippen MR) is 41.9 cm³/mol. The summed E-state index contributed by atoms with van der Waals surface area (Å²) < 4.78 is 0. The minimum Gasteiger partial charge on any atom is -0.867 e. The Balaban J connectivity index is 3.47. The van der Waals surface area contributed by atoms with Crippen molar-refractivity contribution in [1.82, 2.24) is 0 Å². The van der Waals surface area contributed by atoms with E-state index in [4.69, 9.17) is 11.6 Å². The highest BCUT2D eigenvalue weighted by atomic mass is 35.5. The van der Waals surface area contributed by atoms with Gasteiger partial charge in [0, 0.05) is 11.1 Å². The predicted octanol–water partition coefficient (Wildman–Crippen LogP) is -0.315. The van der Waals surface area contributed by atoms with E-state index in [0.717, 1.165) is 12.1 Å². The number of nitro groups is 1. The summed E-state index contributed by atoms with van der Waals surface area (Å²) in [5.41, 5.74) is -1.69. The van der Waals surface area contributed by atoms with Crippen LogP contribution in [-0.4, -0.2) is 10.9 Å². The first-order valence-corrected chi connectivity index (χ1v) is 3.67. The van der Waals surface area contributed by atoms with Gasteiger partial charge in [-0.05, 0) is 17.4 Å². The van der Waals surface area contributed by atoms with E-state index < -0.39 is 27.9 Å². The summed E-state index contributed by atoms with van der Waals surface area (Å²) in [6, 6.07) is 1.60. The number of benzene rings is 1. The van der Waals surface area contributed by atoms with Crippen LogP contribution in [-0.2, 0) is 0 Å². The molecule has 0 bridgehead atoms. The normalized spacial score (nSPS) is 9.79. The first kappa shape index (κ1) is 10.3. The van der Waals surface area contributed by atoms with Crippen molar-refractivity contribution in [2.24, 2.45) is 0 Å². The fraction of sp³-hybridized carbons (Fsp3) is 0. The molecule has 0 unspecified atom stereocenters. The Morgan fingerprint density at radius 2 is 2.00 bits per heavy atom. The molecule has 0 aliphatic heterocycles. The number of rotatable bonds is 2. The second kappa shape index (κ2) is 3.51. The van der Waals surface area contributed by atoms with Crippen molar-refractivity contribution in [1.29, 1.82) is 0 Å². The number of carboxylic acids is 1. The molecule has 7 heteroatoms. The first-order chi connectivity index (χ1) is 6.43. The Bertz CT molecular complexity index is 382. The van der Waals surface area contributed by atoms with Crippen molar-refractivity contribution in [3.05, 3.63) is 32.8 Å². The topological polar surface area (TPSA) is 106 Å². The number of nitro benzene ring substituents is 1. The minimum atomic E-state index is -1.79. The van der Waals surface area contributed by atoms with Crippen LogP contribution in [0.1, 0.15) is 10.4 Å². The Morgan fingerprint density at radius 3 is 2.43 bits per heavy atom. The summed E-state index contributed by atoms with van der Waals surface area (Å²) >= 11 is 5.38. The lowest BCUT2D eigenvalue weighted by Gasteiger charge is -2.14. The number of hydrogen-bond acceptors (Lipinski definition) is 5. The largest absolute Gasteiger partial charge is 0.867 e.